The third-order valence-corrected chi connectivity index (χ3v) is 3.43. The van der Waals surface area contributed by atoms with Gasteiger partial charge in [-0.2, -0.15) is 13.2 Å². The number of rotatable bonds is 10. The zero-order valence-electron chi connectivity index (χ0n) is 12.0. The first kappa shape index (κ1) is 18.4. The van der Waals surface area contributed by atoms with E-state index in [1.807, 2.05) is 0 Å². The highest BCUT2D eigenvalue weighted by molar-refractivity contribution is 5.88. The predicted octanol–water partition coefficient (Wildman–Crippen LogP) is 4.37. The van der Waals surface area contributed by atoms with Crippen molar-refractivity contribution in [1.82, 2.24) is 0 Å². The standard InChI is InChI=1S/C14H26F3NO/c1-3-4-5-6-7-8-9-10-11-12(19)13(2,18)14(15,16)17/h3-11,18H2,1-2H3. The minimum Gasteiger partial charge on any atom is -0.312 e. The van der Waals surface area contributed by atoms with Crippen molar-refractivity contribution in [2.75, 3.05) is 0 Å². The number of hydrogen-bond acceptors (Lipinski definition) is 2. The fourth-order valence-corrected chi connectivity index (χ4v) is 1.84. The van der Waals surface area contributed by atoms with Gasteiger partial charge in [0.2, 0.25) is 0 Å². The maximum atomic E-state index is 12.5. The van der Waals surface area contributed by atoms with Crippen LogP contribution in [0.4, 0.5) is 13.2 Å². The van der Waals surface area contributed by atoms with Gasteiger partial charge in [0.1, 0.15) is 0 Å². The van der Waals surface area contributed by atoms with Gasteiger partial charge in [-0.15, -0.1) is 0 Å². The minimum absolute atomic E-state index is 0.0819. The topological polar surface area (TPSA) is 43.1 Å². The molecule has 0 saturated carbocycles. The van der Waals surface area contributed by atoms with Crippen LogP contribution < -0.4 is 5.73 Å². The van der Waals surface area contributed by atoms with E-state index in [9.17, 15) is 18.0 Å². The lowest BCUT2D eigenvalue weighted by atomic mass is 9.93. The van der Waals surface area contributed by atoms with Crippen molar-refractivity contribution >= 4 is 5.78 Å². The number of Topliss-reactive ketones (excluding diaryl/α,β-unsaturated/α-hetero) is 1. The monoisotopic (exact) mass is 281 g/mol. The van der Waals surface area contributed by atoms with Gasteiger partial charge in [0.15, 0.2) is 11.3 Å². The number of carbonyl (C=O) groups excluding carboxylic acids is 1. The van der Waals surface area contributed by atoms with Crippen LogP contribution in [0.3, 0.4) is 0 Å². The van der Waals surface area contributed by atoms with Gasteiger partial charge in [-0.25, -0.2) is 0 Å². The van der Waals surface area contributed by atoms with Crippen LogP contribution in [0.1, 0.15) is 71.6 Å². The van der Waals surface area contributed by atoms with Gasteiger partial charge in [0, 0.05) is 6.42 Å². The first-order valence-corrected chi connectivity index (χ1v) is 7.12. The van der Waals surface area contributed by atoms with E-state index < -0.39 is 17.5 Å². The van der Waals surface area contributed by atoms with Crippen LogP contribution in [0, 0.1) is 0 Å². The van der Waals surface area contributed by atoms with Gasteiger partial charge in [0.05, 0.1) is 0 Å². The second-order valence-corrected chi connectivity index (χ2v) is 5.35. The summed E-state index contributed by atoms with van der Waals surface area (Å²) in [5, 5.41) is 0. The van der Waals surface area contributed by atoms with Crippen molar-refractivity contribution in [1.29, 1.82) is 0 Å². The van der Waals surface area contributed by atoms with E-state index in [0.717, 1.165) is 26.2 Å². The highest BCUT2D eigenvalue weighted by Gasteiger charge is 2.52. The number of nitrogens with two attached hydrogens (primary N) is 1. The molecule has 0 aromatic rings. The van der Waals surface area contributed by atoms with Crippen LogP contribution >= 0.6 is 0 Å². The molecule has 1 atom stereocenters. The lowest BCUT2D eigenvalue weighted by Gasteiger charge is -2.25. The molecule has 0 aromatic carbocycles. The molecule has 2 nitrogen and oxygen atoms in total. The Kier molecular flexibility index (Phi) is 8.30. The molecular formula is C14H26F3NO. The number of carbonyl (C=O) groups is 1. The fourth-order valence-electron chi connectivity index (χ4n) is 1.84. The first-order valence-electron chi connectivity index (χ1n) is 7.12. The minimum atomic E-state index is -4.66. The van der Waals surface area contributed by atoms with Crippen LogP contribution in [-0.4, -0.2) is 17.5 Å². The Morgan fingerprint density at radius 3 is 1.79 bits per heavy atom. The second-order valence-electron chi connectivity index (χ2n) is 5.35. The summed E-state index contributed by atoms with van der Waals surface area (Å²) in [4.78, 5) is 11.4. The van der Waals surface area contributed by atoms with Crippen LogP contribution in [0.2, 0.25) is 0 Å². The summed E-state index contributed by atoms with van der Waals surface area (Å²) in [6.45, 7) is 2.90. The molecule has 0 heterocycles. The van der Waals surface area contributed by atoms with Gasteiger partial charge in [-0.1, -0.05) is 51.9 Å². The van der Waals surface area contributed by atoms with E-state index in [4.69, 9.17) is 5.73 Å². The third-order valence-electron chi connectivity index (χ3n) is 3.43. The summed E-state index contributed by atoms with van der Waals surface area (Å²) in [7, 11) is 0. The Hall–Kier alpha value is -0.580. The molecule has 5 heteroatoms. The average Bonchev–Trinajstić information content (AvgIpc) is 2.30. The Morgan fingerprint density at radius 1 is 0.947 bits per heavy atom. The van der Waals surface area contributed by atoms with Gasteiger partial charge >= 0.3 is 6.18 Å². The predicted molar refractivity (Wildman–Crippen MR) is 70.9 cm³/mol. The lowest BCUT2D eigenvalue weighted by molar-refractivity contribution is -0.186. The van der Waals surface area contributed by atoms with Crippen LogP contribution in [0.5, 0.6) is 0 Å². The fraction of sp³-hybridized carbons (Fsp3) is 0.929. The Bertz CT molecular complexity index is 262. The molecule has 0 aromatic heterocycles. The van der Waals surface area contributed by atoms with Gasteiger partial charge in [0.25, 0.3) is 0 Å². The van der Waals surface area contributed by atoms with Crippen molar-refractivity contribution in [2.24, 2.45) is 5.73 Å². The van der Waals surface area contributed by atoms with Crippen LogP contribution in [0.25, 0.3) is 0 Å². The van der Waals surface area contributed by atoms with Crippen LogP contribution in [-0.2, 0) is 4.79 Å². The molecule has 0 radical (unpaired) electrons. The molecule has 0 spiro atoms. The van der Waals surface area contributed by atoms with Crippen molar-refractivity contribution in [3.05, 3.63) is 0 Å². The molecule has 0 fully saturated rings. The maximum absolute atomic E-state index is 12.5. The van der Waals surface area contributed by atoms with E-state index in [1.165, 1.54) is 25.7 Å². The largest absolute Gasteiger partial charge is 0.413 e. The van der Waals surface area contributed by atoms with E-state index >= 15 is 0 Å². The molecule has 114 valence electrons. The van der Waals surface area contributed by atoms with Crippen molar-refractivity contribution < 1.29 is 18.0 Å². The molecule has 0 aliphatic heterocycles. The third kappa shape index (κ3) is 6.95. The molecule has 0 saturated heterocycles. The zero-order valence-corrected chi connectivity index (χ0v) is 12.0. The number of hydrogen-bond donors (Lipinski definition) is 1. The van der Waals surface area contributed by atoms with E-state index in [1.54, 1.807) is 0 Å². The summed E-state index contributed by atoms with van der Waals surface area (Å²) in [6.07, 6.45) is 3.42. The van der Waals surface area contributed by atoms with Gasteiger partial charge < -0.3 is 5.73 Å². The first-order chi connectivity index (χ1) is 8.73. The summed E-state index contributed by atoms with van der Waals surface area (Å²) >= 11 is 0. The van der Waals surface area contributed by atoms with E-state index in [2.05, 4.69) is 6.92 Å². The summed E-state index contributed by atoms with van der Waals surface area (Å²) in [6, 6.07) is 0. The lowest BCUT2D eigenvalue weighted by Crippen LogP contribution is -2.57. The molecule has 0 rings (SSSR count). The van der Waals surface area contributed by atoms with Gasteiger partial charge in [-0.3, -0.25) is 4.79 Å². The molecule has 2 N–H and O–H groups in total. The number of ketones is 1. The molecule has 0 bridgehead atoms. The molecule has 19 heavy (non-hydrogen) atoms. The summed E-state index contributed by atoms with van der Waals surface area (Å²) < 4.78 is 37.5. The van der Waals surface area contributed by atoms with Crippen LogP contribution in [0.15, 0.2) is 0 Å². The summed E-state index contributed by atoms with van der Waals surface area (Å²) in [5.41, 5.74) is 2.36. The van der Waals surface area contributed by atoms with Crippen molar-refractivity contribution in [3.63, 3.8) is 0 Å². The smallest absolute Gasteiger partial charge is 0.312 e. The molecule has 1 unspecified atom stereocenters. The average molecular weight is 281 g/mol. The normalized spacial score (nSPS) is 15.3. The molecule has 0 aliphatic rings. The van der Waals surface area contributed by atoms with E-state index in [-0.39, 0.29) is 6.42 Å². The zero-order chi connectivity index (χ0) is 14.9. The van der Waals surface area contributed by atoms with Gasteiger partial charge in [-0.05, 0) is 13.3 Å². The SMILES string of the molecule is CCCCCCCCCCC(=O)C(C)(N)C(F)(F)F. The highest BCUT2D eigenvalue weighted by Crippen LogP contribution is 2.30. The number of unbranched alkanes of at least 4 members (excludes halogenated alkanes) is 7. The van der Waals surface area contributed by atoms with Crippen molar-refractivity contribution in [3.8, 4) is 0 Å². The number of alkyl halides is 3. The maximum Gasteiger partial charge on any atom is 0.413 e. The Labute approximate surface area is 113 Å². The molecule has 0 aliphatic carbocycles. The highest BCUT2D eigenvalue weighted by atomic mass is 19.4. The van der Waals surface area contributed by atoms with Crippen molar-refractivity contribution in [2.45, 2.75) is 83.4 Å². The molecule has 0 amide bonds. The number of halogens is 3. The summed E-state index contributed by atoms with van der Waals surface area (Å²) in [5.74, 6) is -0.911. The Balaban J connectivity index is 3.70. The molecular weight excluding hydrogens is 255 g/mol. The van der Waals surface area contributed by atoms with E-state index in [0.29, 0.717) is 6.42 Å². The Morgan fingerprint density at radius 2 is 1.37 bits per heavy atom. The quantitative estimate of drug-likeness (QED) is 0.604. The second kappa shape index (κ2) is 8.56.